The monoisotopic (exact) mass is 436 g/mol. The maximum absolute atomic E-state index is 5.23. The Morgan fingerprint density at radius 1 is 0.909 bits per heavy atom. The normalized spacial score (nSPS) is 17.2. The Hall–Kier alpha value is -3.65. The molecule has 1 aliphatic heterocycles. The Morgan fingerprint density at radius 2 is 1.79 bits per heavy atom. The van der Waals surface area contributed by atoms with Gasteiger partial charge in [0.05, 0.1) is 11.7 Å². The third-order valence-corrected chi connectivity index (χ3v) is 7.08. The van der Waals surface area contributed by atoms with Crippen molar-refractivity contribution in [3.05, 3.63) is 48.5 Å². The fourth-order valence-corrected chi connectivity index (χ4v) is 5.18. The first-order chi connectivity index (χ1) is 16.4. The number of anilines is 1. The molecule has 0 bridgehead atoms. The number of aromatic amines is 1. The summed E-state index contributed by atoms with van der Waals surface area (Å²) < 4.78 is 0. The van der Waals surface area contributed by atoms with Crippen LogP contribution in [0.3, 0.4) is 0 Å². The van der Waals surface area contributed by atoms with Gasteiger partial charge in [0.2, 0.25) is 0 Å². The number of hydrogen-bond acceptors (Lipinski definition) is 7. The molecule has 1 saturated carbocycles. The topological polar surface area (TPSA) is 95.5 Å². The first kappa shape index (κ1) is 18.9. The van der Waals surface area contributed by atoms with Gasteiger partial charge < -0.3 is 15.2 Å². The number of H-pyrrole nitrogens is 1. The summed E-state index contributed by atoms with van der Waals surface area (Å²) in [5.41, 5.74) is 4.81. The van der Waals surface area contributed by atoms with Crippen molar-refractivity contribution < 1.29 is 0 Å². The van der Waals surface area contributed by atoms with E-state index in [1.807, 2.05) is 30.7 Å². The Morgan fingerprint density at radius 3 is 2.64 bits per heavy atom. The maximum atomic E-state index is 5.23. The quantitative estimate of drug-likeness (QED) is 0.444. The number of pyridine rings is 3. The Balaban J connectivity index is 1.51. The van der Waals surface area contributed by atoms with Crippen molar-refractivity contribution in [1.29, 1.82) is 0 Å². The predicted molar refractivity (Wildman–Crippen MR) is 129 cm³/mol. The summed E-state index contributed by atoms with van der Waals surface area (Å²) in [6.07, 6.45) is 11.3. The van der Waals surface area contributed by atoms with Gasteiger partial charge in [-0.15, -0.1) is 0 Å². The minimum atomic E-state index is 0.560. The molecule has 2 aliphatic rings. The number of fused-ring (bicyclic) bond motifs is 4. The van der Waals surface area contributed by atoms with Crippen LogP contribution in [0.15, 0.2) is 43.0 Å². The summed E-state index contributed by atoms with van der Waals surface area (Å²) in [5, 5.41) is 6.68. The molecule has 164 valence electrons. The van der Waals surface area contributed by atoms with Crippen LogP contribution in [0.2, 0.25) is 0 Å². The first-order valence-electron chi connectivity index (χ1n) is 11.7. The van der Waals surface area contributed by atoms with E-state index in [2.05, 4.69) is 36.2 Å². The van der Waals surface area contributed by atoms with Gasteiger partial charge in [0, 0.05) is 66.5 Å². The molecule has 33 heavy (non-hydrogen) atoms. The molecule has 8 nitrogen and oxygen atoms in total. The number of piperazine rings is 1. The van der Waals surface area contributed by atoms with Crippen LogP contribution in [0.25, 0.3) is 44.4 Å². The highest BCUT2D eigenvalue weighted by molar-refractivity contribution is 6.11. The standard InChI is InChI=1S/C25H24N8/c1-3-15(4-1)18-13-27-14-19-21(18)25(33-11-9-26-10-12-33)32-23(30-19)17-6-8-29-24-20(17)16-5-2-7-28-22(16)31-24/h2,5-8,13-15,26H,1,3-4,9-12H2,(H,28,29,31). The van der Waals surface area contributed by atoms with Crippen molar-refractivity contribution in [3.63, 3.8) is 0 Å². The molecule has 5 aromatic rings. The largest absolute Gasteiger partial charge is 0.353 e. The van der Waals surface area contributed by atoms with Gasteiger partial charge in [-0.2, -0.15) is 0 Å². The molecule has 0 atom stereocenters. The van der Waals surface area contributed by atoms with Crippen molar-refractivity contribution in [2.45, 2.75) is 25.2 Å². The van der Waals surface area contributed by atoms with Crippen LogP contribution in [-0.2, 0) is 0 Å². The zero-order valence-electron chi connectivity index (χ0n) is 18.3. The smallest absolute Gasteiger partial charge is 0.163 e. The lowest BCUT2D eigenvalue weighted by Gasteiger charge is -2.32. The molecule has 6 heterocycles. The van der Waals surface area contributed by atoms with E-state index in [0.29, 0.717) is 11.7 Å². The molecule has 1 saturated heterocycles. The van der Waals surface area contributed by atoms with E-state index < -0.39 is 0 Å². The van der Waals surface area contributed by atoms with Crippen molar-refractivity contribution in [2.75, 3.05) is 31.1 Å². The highest BCUT2D eigenvalue weighted by Crippen LogP contribution is 2.42. The lowest BCUT2D eigenvalue weighted by atomic mass is 9.79. The molecule has 2 N–H and O–H groups in total. The Kier molecular flexibility index (Phi) is 4.26. The van der Waals surface area contributed by atoms with Crippen molar-refractivity contribution >= 4 is 38.8 Å². The van der Waals surface area contributed by atoms with Crippen LogP contribution in [0.5, 0.6) is 0 Å². The number of nitrogens with zero attached hydrogens (tertiary/aromatic N) is 6. The van der Waals surface area contributed by atoms with Crippen LogP contribution in [0.1, 0.15) is 30.7 Å². The van der Waals surface area contributed by atoms with Crippen LogP contribution in [0.4, 0.5) is 5.82 Å². The highest BCUT2D eigenvalue weighted by Gasteiger charge is 2.27. The lowest BCUT2D eigenvalue weighted by Crippen LogP contribution is -2.44. The van der Waals surface area contributed by atoms with E-state index in [0.717, 1.165) is 65.1 Å². The Labute approximate surface area is 190 Å². The second-order valence-corrected chi connectivity index (χ2v) is 8.97. The van der Waals surface area contributed by atoms with E-state index in [4.69, 9.17) is 9.97 Å². The van der Waals surface area contributed by atoms with Crippen molar-refractivity contribution in [2.24, 2.45) is 0 Å². The molecule has 0 unspecified atom stereocenters. The summed E-state index contributed by atoms with van der Waals surface area (Å²) >= 11 is 0. The first-order valence-corrected chi connectivity index (χ1v) is 11.7. The third-order valence-electron chi connectivity index (χ3n) is 7.08. The lowest BCUT2D eigenvalue weighted by molar-refractivity contribution is 0.421. The molecular weight excluding hydrogens is 412 g/mol. The molecule has 2 fully saturated rings. The van der Waals surface area contributed by atoms with Gasteiger partial charge in [0.15, 0.2) is 5.82 Å². The van der Waals surface area contributed by atoms with Gasteiger partial charge in [0.1, 0.15) is 17.1 Å². The van der Waals surface area contributed by atoms with Crippen LogP contribution >= 0.6 is 0 Å². The van der Waals surface area contributed by atoms with Crippen LogP contribution in [0, 0.1) is 0 Å². The fourth-order valence-electron chi connectivity index (χ4n) is 5.18. The zero-order valence-corrected chi connectivity index (χ0v) is 18.3. The summed E-state index contributed by atoms with van der Waals surface area (Å²) in [7, 11) is 0. The number of hydrogen-bond donors (Lipinski definition) is 2. The molecule has 5 aromatic heterocycles. The van der Waals surface area contributed by atoms with Gasteiger partial charge in [-0.05, 0) is 42.5 Å². The summed E-state index contributed by atoms with van der Waals surface area (Å²) in [6, 6.07) is 6.03. The van der Waals surface area contributed by atoms with E-state index >= 15 is 0 Å². The minimum absolute atomic E-state index is 0.560. The summed E-state index contributed by atoms with van der Waals surface area (Å²) in [4.78, 5) is 29.7. The Bertz CT molecular complexity index is 1500. The SMILES string of the molecule is c1cnc2[nH]c3nccc(-c4nc(N5CCNCC5)c5c(C6CCC6)cncc5n4)c3c2c1. The molecule has 0 spiro atoms. The van der Waals surface area contributed by atoms with Crippen LogP contribution < -0.4 is 10.2 Å². The van der Waals surface area contributed by atoms with Gasteiger partial charge in [0.25, 0.3) is 0 Å². The molecule has 0 amide bonds. The average Bonchev–Trinajstić information content (AvgIpc) is 3.22. The molecule has 0 radical (unpaired) electrons. The molecule has 8 heteroatoms. The van der Waals surface area contributed by atoms with Gasteiger partial charge in [-0.3, -0.25) is 4.98 Å². The van der Waals surface area contributed by atoms with E-state index in [1.54, 1.807) is 6.20 Å². The molecule has 0 aromatic carbocycles. The zero-order chi connectivity index (χ0) is 21.8. The number of nitrogens with one attached hydrogen (secondary N) is 2. The highest BCUT2D eigenvalue weighted by atomic mass is 15.2. The minimum Gasteiger partial charge on any atom is -0.353 e. The van der Waals surface area contributed by atoms with E-state index in [9.17, 15) is 0 Å². The second-order valence-electron chi connectivity index (χ2n) is 8.97. The third kappa shape index (κ3) is 2.97. The number of aromatic nitrogens is 6. The molecular formula is C25H24N8. The summed E-state index contributed by atoms with van der Waals surface area (Å²) in [6.45, 7) is 3.78. The van der Waals surface area contributed by atoms with E-state index in [1.165, 1.54) is 30.2 Å². The fraction of sp³-hybridized carbons (Fsp3) is 0.320. The maximum Gasteiger partial charge on any atom is 0.163 e. The molecule has 7 rings (SSSR count). The van der Waals surface area contributed by atoms with Gasteiger partial charge >= 0.3 is 0 Å². The van der Waals surface area contributed by atoms with Gasteiger partial charge in [-0.1, -0.05) is 6.42 Å². The van der Waals surface area contributed by atoms with Crippen molar-refractivity contribution in [3.8, 4) is 11.4 Å². The average molecular weight is 437 g/mol. The predicted octanol–water partition coefficient (Wildman–Crippen LogP) is 3.79. The molecule has 1 aliphatic carbocycles. The number of rotatable bonds is 3. The van der Waals surface area contributed by atoms with Crippen molar-refractivity contribution in [1.82, 2.24) is 35.2 Å². The van der Waals surface area contributed by atoms with Gasteiger partial charge in [-0.25, -0.2) is 19.9 Å². The van der Waals surface area contributed by atoms with Crippen LogP contribution in [-0.4, -0.2) is 56.1 Å². The van der Waals surface area contributed by atoms with E-state index in [-0.39, 0.29) is 0 Å². The second kappa shape index (κ2) is 7.45. The summed E-state index contributed by atoms with van der Waals surface area (Å²) in [5.74, 6) is 2.30.